The van der Waals surface area contributed by atoms with Crippen LogP contribution in [0.3, 0.4) is 0 Å². The largest absolute Gasteiger partial charge is 0.460 e. The number of likely N-dealkylation sites (tertiary alicyclic amines) is 1. The second-order valence-corrected chi connectivity index (χ2v) is 8.83. The van der Waals surface area contributed by atoms with E-state index >= 15 is 0 Å². The number of esters is 1. The van der Waals surface area contributed by atoms with Crippen molar-refractivity contribution in [2.75, 3.05) is 19.7 Å². The molecule has 0 unspecified atom stereocenters. The van der Waals surface area contributed by atoms with Crippen molar-refractivity contribution in [1.29, 1.82) is 0 Å². The zero-order valence-corrected chi connectivity index (χ0v) is 16.6. The van der Waals surface area contributed by atoms with E-state index in [1.54, 1.807) is 4.90 Å². The highest BCUT2D eigenvalue weighted by Crippen LogP contribution is 2.31. The summed E-state index contributed by atoms with van der Waals surface area (Å²) in [4.78, 5) is 26.5. The second-order valence-electron chi connectivity index (χ2n) is 8.83. The predicted octanol–water partition coefficient (Wildman–Crippen LogP) is 3.36. The third kappa shape index (κ3) is 8.08. The molecule has 146 valence electrons. The lowest BCUT2D eigenvalue weighted by molar-refractivity contribution is -0.162. The molecule has 6 heteroatoms. The van der Waals surface area contributed by atoms with Crippen LogP contribution in [0.2, 0.25) is 0 Å². The SMILES string of the molecule is CC(C)(C)OC(=O)[C@@H](CCCCO)[C@H]1CCN(C(=O)OC(C)(C)C)C1. The number of aliphatic hydroxyl groups is 1. The van der Waals surface area contributed by atoms with E-state index in [0.29, 0.717) is 25.9 Å². The quantitative estimate of drug-likeness (QED) is 0.583. The maximum absolute atomic E-state index is 12.6. The Morgan fingerprint density at radius 3 is 2.20 bits per heavy atom. The number of carbonyl (C=O) groups excluding carboxylic acids is 2. The molecule has 1 saturated heterocycles. The molecule has 1 N–H and O–H groups in total. The number of aliphatic hydroxyl groups excluding tert-OH is 1. The van der Waals surface area contributed by atoms with Crippen LogP contribution in [0.15, 0.2) is 0 Å². The Hall–Kier alpha value is -1.30. The van der Waals surface area contributed by atoms with Crippen molar-refractivity contribution in [3.63, 3.8) is 0 Å². The number of ether oxygens (including phenoxy) is 2. The van der Waals surface area contributed by atoms with Gasteiger partial charge >= 0.3 is 12.1 Å². The third-order valence-electron chi connectivity index (χ3n) is 4.08. The van der Waals surface area contributed by atoms with Gasteiger partial charge in [-0.1, -0.05) is 6.42 Å². The highest BCUT2D eigenvalue weighted by molar-refractivity contribution is 5.74. The zero-order valence-electron chi connectivity index (χ0n) is 16.6. The summed E-state index contributed by atoms with van der Waals surface area (Å²) in [7, 11) is 0. The molecule has 1 heterocycles. The molecule has 0 spiro atoms. The van der Waals surface area contributed by atoms with E-state index in [1.807, 2.05) is 41.5 Å². The van der Waals surface area contributed by atoms with Gasteiger partial charge in [0, 0.05) is 19.7 Å². The molecule has 1 rings (SSSR count). The standard InChI is InChI=1S/C19H35NO5/c1-18(2,3)24-16(22)15(9-7-8-12-21)14-10-11-20(13-14)17(23)25-19(4,5)6/h14-15,21H,7-13H2,1-6H3/t14-,15-/m0/s1. The smallest absolute Gasteiger partial charge is 0.410 e. The van der Waals surface area contributed by atoms with Crippen LogP contribution in [-0.2, 0) is 14.3 Å². The Kier molecular flexibility index (Phi) is 7.72. The summed E-state index contributed by atoms with van der Waals surface area (Å²) < 4.78 is 11.0. The monoisotopic (exact) mass is 357 g/mol. The molecule has 1 amide bonds. The van der Waals surface area contributed by atoms with Gasteiger partial charge in [-0.3, -0.25) is 4.79 Å². The molecule has 0 aromatic carbocycles. The molecule has 0 radical (unpaired) electrons. The van der Waals surface area contributed by atoms with Crippen LogP contribution in [0, 0.1) is 11.8 Å². The van der Waals surface area contributed by atoms with Gasteiger partial charge in [-0.05, 0) is 66.7 Å². The molecule has 0 saturated carbocycles. The lowest BCUT2D eigenvalue weighted by Crippen LogP contribution is -2.37. The first kappa shape index (κ1) is 21.7. The molecule has 1 aliphatic heterocycles. The van der Waals surface area contributed by atoms with Crippen molar-refractivity contribution in [3.8, 4) is 0 Å². The van der Waals surface area contributed by atoms with Crippen LogP contribution in [0.25, 0.3) is 0 Å². The number of carbonyl (C=O) groups is 2. The van der Waals surface area contributed by atoms with E-state index < -0.39 is 11.2 Å². The van der Waals surface area contributed by atoms with Gasteiger partial charge in [0.15, 0.2) is 0 Å². The van der Waals surface area contributed by atoms with Crippen molar-refractivity contribution < 1.29 is 24.2 Å². The van der Waals surface area contributed by atoms with Crippen LogP contribution in [0.5, 0.6) is 0 Å². The summed E-state index contributed by atoms with van der Waals surface area (Å²) >= 11 is 0. The van der Waals surface area contributed by atoms with Crippen LogP contribution >= 0.6 is 0 Å². The number of nitrogens with zero attached hydrogens (tertiary/aromatic N) is 1. The molecular weight excluding hydrogens is 322 g/mol. The van der Waals surface area contributed by atoms with E-state index in [0.717, 1.165) is 12.8 Å². The van der Waals surface area contributed by atoms with E-state index in [-0.39, 0.29) is 30.5 Å². The normalized spacial score (nSPS) is 19.6. The molecule has 0 bridgehead atoms. The topological polar surface area (TPSA) is 76.1 Å². The van der Waals surface area contributed by atoms with E-state index in [9.17, 15) is 9.59 Å². The number of hydrogen-bond donors (Lipinski definition) is 1. The van der Waals surface area contributed by atoms with Crippen LogP contribution < -0.4 is 0 Å². The number of unbranched alkanes of at least 4 members (excludes halogenated alkanes) is 1. The van der Waals surface area contributed by atoms with Gasteiger partial charge in [0.05, 0.1) is 5.92 Å². The van der Waals surface area contributed by atoms with E-state index in [4.69, 9.17) is 14.6 Å². The fourth-order valence-corrected chi connectivity index (χ4v) is 3.01. The van der Waals surface area contributed by atoms with Crippen LogP contribution in [0.4, 0.5) is 4.79 Å². The highest BCUT2D eigenvalue weighted by atomic mass is 16.6. The summed E-state index contributed by atoms with van der Waals surface area (Å²) in [6.07, 6.45) is 2.55. The second kappa shape index (κ2) is 8.88. The van der Waals surface area contributed by atoms with Crippen molar-refractivity contribution in [3.05, 3.63) is 0 Å². The minimum atomic E-state index is -0.532. The summed E-state index contributed by atoms with van der Waals surface area (Å²) in [5.74, 6) is -0.388. The number of hydrogen-bond acceptors (Lipinski definition) is 5. The molecule has 0 aromatic rings. The minimum Gasteiger partial charge on any atom is -0.460 e. The molecule has 25 heavy (non-hydrogen) atoms. The lowest BCUT2D eigenvalue weighted by Gasteiger charge is -2.28. The summed E-state index contributed by atoms with van der Waals surface area (Å²) in [5.41, 5.74) is -1.06. The molecule has 1 fully saturated rings. The first-order valence-corrected chi connectivity index (χ1v) is 9.24. The van der Waals surface area contributed by atoms with E-state index in [1.165, 1.54) is 0 Å². The molecular formula is C19H35NO5. The zero-order chi connectivity index (χ0) is 19.3. The molecule has 6 nitrogen and oxygen atoms in total. The Labute approximate surface area is 151 Å². The molecule has 0 aliphatic carbocycles. The summed E-state index contributed by atoms with van der Waals surface area (Å²) in [6.45, 7) is 12.3. The van der Waals surface area contributed by atoms with Crippen molar-refractivity contribution >= 4 is 12.1 Å². The average molecular weight is 357 g/mol. The Bertz CT molecular complexity index is 450. The lowest BCUT2D eigenvalue weighted by atomic mass is 9.87. The number of amides is 1. The van der Waals surface area contributed by atoms with Gasteiger partial charge in [0.25, 0.3) is 0 Å². The van der Waals surface area contributed by atoms with Gasteiger partial charge in [-0.2, -0.15) is 0 Å². The van der Waals surface area contributed by atoms with Crippen molar-refractivity contribution in [2.45, 2.75) is 78.4 Å². The fraction of sp³-hybridized carbons (Fsp3) is 0.895. The van der Waals surface area contributed by atoms with Gasteiger partial charge < -0.3 is 19.5 Å². The first-order valence-electron chi connectivity index (χ1n) is 9.24. The fourth-order valence-electron chi connectivity index (χ4n) is 3.01. The maximum Gasteiger partial charge on any atom is 0.410 e. The minimum absolute atomic E-state index is 0.0704. The van der Waals surface area contributed by atoms with Crippen molar-refractivity contribution in [2.24, 2.45) is 11.8 Å². The molecule has 1 aliphatic rings. The number of rotatable bonds is 6. The Morgan fingerprint density at radius 1 is 1.08 bits per heavy atom. The third-order valence-corrected chi connectivity index (χ3v) is 4.08. The van der Waals surface area contributed by atoms with Crippen molar-refractivity contribution in [1.82, 2.24) is 4.90 Å². The Morgan fingerprint density at radius 2 is 1.68 bits per heavy atom. The highest BCUT2D eigenvalue weighted by Gasteiger charge is 2.38. The predicted molar refractivity (Wildman–Crippen MR) is 96.2 cm³/mol. The summed E-state index contributed by atoms with van der Waals surface area (Å²) in [5, 5.41) is 9.01. The van der Waals surface area contributed by atoms with Crippen LogP contribution in [-0.4, -0.2) is 53.0 Å². The van der Waals surface area contributed by atoms with Crippen LogP contribution in [0.1, 0.15) is 67.2 Å². The maximum atomic E-state index is 12.6. The Balaban J connectivity index is 2.72. The van der Waals surface area contributed by atoms with Gasteiger partial charge in [0.1, 0.15) is 11.2 Å². The average Bonchev–Trinajstić information content (AvgIpc) is 2.89. The molecule has 2 atom stereocenters. The van der Waals surface area contributed by atoms with E-state index in [2.05, 4.69) is 0 Å². The van der Waals surface area contributed by atoms with Gasteiger partial charge in [0.2, 0.25) is 0 Å². The summed E-state index contributed by atoms with van der Waals surface area (Å²) in [6, 6.07) is 0. The van der Waals surface area contributed by atoms with Gasteiger partial charge in [-0.15, -0.1) is 0 Å². The van der Waals surface area contributed by atoms with Gasteiger partial charge in [-0.25, -0.2) is 4.79 Å². The first-order chi connectivity index (χ1) is 11.4. The molecule has 0 aromatic heterocycles.